The van der Waals surface area contributed by atoms with E-state index in [9.17, 15) is 0 Å². The van der Waals surface area contributed by atoms with Gasteiger partial charge in [-0.25, -0.2) is 0 Å². The summed E-state index contributed by atoms with van der Waals surface area (Å²) in [4.78, 5) is 2.05. The van der Waals surface area contributed by atoms with Gasteiger partial charge < -0.3 is 15.4 Å². The average Bonchev–Trinajstić information content (AvgIpc) is 2.29. The molecule has 0 bridgehead atoms. The fourth-order valence-electron chi connectivity index (χ4n) is 1.78. The topological polar surface area (TPSA) is 88.1 Å². The van der Waals surface area contributed by atoms with Crippen LogP contribution in [0.1, 0.15) is 12.5 Å². The SMILES string of the molecule is CC1CN(c2nnccc2C(=N)N)CCO1. The number of aromatic nitrogens is 2. The lowest BCUT2D eigenvalue weighted by Gasteiger charge is -2.32. The number of amidine groups is 1. The molecule has 1 aromatic heterocycles. The molecule has 1 unspecified atom stereocenters. The van der Waals surface area contributed by atoms with Crippen molar-refractivity contribution in [3.8, 4) is 0 Å². The number of nitrogen functional groups attached to an aromatic ring is 1. The Balaban J connectivity index is 2.28. The number of hydrogen-bond acceptors (Lipinski definition) is 5. The summed E-state index contributed by atoms with van der Waals surface area (Å²) in [7, 11) is 0. The highest BCUT2D eigenvalue weighted by Gasteiger charge is 2.21. The summed E-state index contributed by atoms with van der Waals surface area (Å²) in [6.45, 7) is 4.17. The van der Waals surface area contributed by atoms with Gasteiger partial charge in [0, 0.05) is 13.1 Å². The second-order valence-corrected chi connectivity index (χ2v) is 3.81. The van der Waals surface area contributed by atoms with Gasteiger partial charge >= 0.3 is 0 Å². The minimum atomic E-state index is 0.0176. The number of nitrogens with one attached hydrogen (secondary N) is 1. The van der Waals surface area contributed by atoms with Crippen LogP contribution in [-0.2, 0) is 4.74 Å². The smallest absolute Gasteiger partial charge is 0.162 e. The van der Waals surface area contributed by atoms with Crippen LogP contribution in [0, 0.1) is 5.41 Å². The molecule has 0 spiro atoms. The van der Waals surface area contributed by atoms with Gasteiger partial charge in [0.15, 0.2) is 5.82 Å². The van der Waals surface area contributed by atoms with Gasteiger partial charge in [0.2, 0.25) is 0 Å². The molecule has 6 nitrogen and oxygen atoms in total. The molecule has 16 heavy (non-hydrogen) atoms. The number of ether oxygens (including phenoxy) is 1. The van der Waals surface area contributed by atoms with Gasteiger partial charge in [0.05, 0.1) is 24.5 Å². The third-order valence-electron chi connectivity index (χ3n) is 2.53. The molecule has 1 aromatic rings. The average molecular weight is 221 g/mol. The molecule has 1 saturated heterocycles. The van der Waals surface area contributed by atoms with Crippen LogP contribution in [0.15, 0.2) is 12.3 Å². The van der Waals surface area contributed by atoms with Crippen molar-refractivity contribution in [2.45, 2.75) is 13.0 Å². The Bertz CT molecular complexity index is 395. The number of anilines is 1. The first-order valence-electron chi connectivity index (χ1n) is 5.21. The van der Waals surface area contributed by atoms with E-state index in [0.29, 0.717) is 18.0 Å². The molecule has 86 valence electrons. The Hall–Kier alpha value is -1.69. The Labute approximate surface area is 93.9 Å². The maximum absolute atomic E-state index is 7.50. The first-order chi connectivity index (χ1) is 7.68. The fraction of sp³-hybridized carbons (Fsp3) is 0.500. The molecule has 0 radical (unpaired) electrons. The van der Waals surface area contributed by atoms with E-state index in [4.69, 9.17) is 15.9 Å². The molecule has 2 heterocycles. The van der Waals surface area contributed by atoms with Crippen LogP contribution in [0.4, 0.5) is 5.82 Å². The van der Waals surface area contributed by atoms with Gasteiger partial charge in [-0.3, -0.25) is 5.41 Å². The van der Waals surface area contributed by atoms with Crippen LogP contribution < -0.4 is 10.6 Å². The lowest BCUT2D eigenvalue weighted by Crippen LogP contribution is -2.42. The van der Waals surface area contributed by atoms with E-state index in [-0.39, 0.29) is 11.9 Å². The van der Waals surface area contributed by atoms with Crippen molar-refractivity contribution in [2.24, 2.45) is 5.73 Å². The second-order valence-electron chi connectivity index (χ2n) is 3.81. The normalized spacial score (nSPS) is 20.8. The Morgan fingerprint density at radius 3 is 3.19 bits per heavy atom. The third kappa shape index (κ3) is 2.11. The molecule has 1 aliphatic heterocycles. The van der Waals surface area contributed by atoms with Crippen LogP contribution >= 0.6 is 0 Å². The molecule has 6 heteroatoms. The second kappa shape index (κ2) is 4.44. The van der Waals surface area contributed by atoms with E-state index in [1.54, 1.807) is 12.3 Å². The zero-order chi connectivity index (χ0) is 11.5. The molecule has 0 aliphatic carbocycles. The van der Waals surface area contributed by atoms with Gasteiger partial charge in [0.1, 0.15) is 5.84 Å². The van der Waals surface area contributed by atoms with Gasteiger partial charge in [-0.15, -0.1) is 5.10 Å². The van der Waals surface area contributed by atoms with E-state index in [1.807, 2.05) is 6.92 Å². The van der Waals surface area contributed by atoms with E-state index in [2.05, 4.69) is 15.1 Å². The zero-order valence-corrected chi connectivity index (χ0v) is 9.18. The number of nitrogens with two attached hydrogens (primary N) is 1. The van der Waals surface area contributed by atoms with Crippen molar-refractivity contribution in [2.75, 3.05) is 24.6 Å². The standard InChI is InChI=1S/C10H15N5O/c1-7-6-15(4-5-16-7)10-8(9(11)12)2-3-13-14-10/h2-3,7H,4-6H2,1H3,(H3,11,12). The van der Waals surface area contributed by atoms with Gasteiger partial charge in [-0.05, 0) is 13.0 Å². The van der Waals surface area contributed by atoms with Crippen molar-refractivity contribution in [3.63, 3.8) is 0 Å². The van der Waals surface area contributed by atoms with Crippen molar-refractivity contribution in [3.05, 3.63) is 17.8 Å². The highest BCUT2D eigenvalue weighted by atomic mass is 16.5. The van der Waals surface area contributed by atoms with Crippen molar-refractivity contribution < 1.29 is 4.74 Å². The summed E-state index contributed by atoms with van der Waals surface area (Å²) >= 11 is 0. The Morgan fingerprint density at radius 2 is 2.50 bits per heavy atom. The first-order valence-corrected chi connectivity index (χ1v) is 5.21. The molecule has 1 atom stereocenters. The molecule has 2 rings (SSSR count). The third-order valence-corrected chi connectivity index (χ3v) is 2.53. The fourth-order valence-corrected chi connectivity index (χ4v) is 1.78. The quantitative estimate of drug-likeness (QED) is 0.541. The maximum atomic E-state index is 7.50. The zero-order valence-electron chi connectivity index (χ0n) is 9.18. The molecule has 0 amide bonds. The Kier molecular flexibility index (Phi) is 3.00. The van der Waals surface area contributed by atoms with Crippen LogP contribution in [-0.4, -0.2) is 41.8 Å². The molecule has 0 saturated carbocycles. The van der Waals surface area contributed by atoms with Gasteiger partial charge in [-0.2, -0.15) is 5.10 Å². The number of nitrogens with zero attached hydrogens (tertiary/aromatic N) is 3. The van der Waals surface area contributed by atoms with Crippen LogP contribution in [0.2, 0.25) is 0 Å². The monoisotopic (exact) mass is 221 g/mol. The molecule has 1 fully saturated rings. The lowest BCUT2D eigenvalue weighted by atomic mass is 10.2. The highest BCUT2D eigenvalue weighted by Crippen LogP contribution is 2.18. The number of hydrogen-bond donors (Lipinski definition) is 2. The predicted molar refractivity (Wildman–Crippen MR) is 60.7 cm³/mol. The van der Waals surface area contributed by atoms with E-state index >= 15 is 0 Å². The molecule has 1 aliphatic rings. The molecule has 0 aromatic carbocycles. The van der Waals surface area contributed by atoms with Crippen LogP contribution in [0.25, 0.3) is 0 Å². The van der Waals surface area contributed by atoms with Gasteiger partial charge in [-0.1, -0.05) is 0 Å². The number of rotatable bonds is 2. The minimum Gasteiger partial charge on any atom is -0.384 e. The van der Waals surface area contributed by atoms with Crippen molar-refractivity contribution in [1.82, 2.24) is 10.2 Å². The lowest BCUT2D eigenvalue weighted by molar-refractivity contribution is 0.0529. The predicted octanol–water partition coefficient (Wildman–Crippen LogP) is -0.0142. The number of morpholine rings is 1. The summed E-state index contributed by atoms with van der Waals surface area (Å²) < 4.78 is 5.46. The highest BCUT2D eigenvalue weighted by molar-refractivity contribution is 5.99. The first kappa shape index (κ1) is 10.8. The summed E-state index contributed by atoms with van der Waals surface area (Å²) in [5.41, 5.74) is 6.14. The maximum Gasteiger partial charge on any atom is 0.162 e. The summed E-state index contributed by atoms with van der Waals surface area (Å²) in [5, 5.41) is 15.4. The van der Waals surface area contributed by atoms with Crippen LogP contribution in [0.5, 0.6) is 0 Å². The Morgan fingerprint density at radius 1 is 1.69 bits per heavy atom. The minimum absolute atomic E-state index is 0.0176. The van der Waals surface area contributed by atoms with Crippen molar-refractivity contribution >= 4 is 11.7 Å². The van der Waals surface area contributed by atoms with E-state index in [0.717, 1.165) is 13.1 Å². The van der Waals surface area contributed by atoms with Crippen LogP contribution in [0.3, 0.4) is 0 Å². The summed E-state index contributed by atoms with van der Waals surface area (Å²) in [6, 6.07) is 1.71. The van der Waals surface area contributed by atoms with E-state index < -0.39 is 0 Å². The summed E-state index contributed by atoms with van der Waals surface area (Å²) in [5.74, 6) is 0.689. The molecular weight excluding hydrogens is 206 g/mol. The van der Waals surface area contributed by atoms with Crippen molar-refractivity contribution in [1.29, 1.82) is 5.41 Å². The van der Waals surface area contributed by atoms with Gasteiger partial charge in [0.25, 0.3) is 0 Å². The largest absolute Gasteiger partial charge is 0.384 e. The summed E-state index contributed by atoms with van der Waals surface area (Å²) in [6.07, 6.45) is 1.71. The van der Waals surface area contributed by atoms with E-state index in [1.165, 1.54) is 0 Å². The molecular formula is C10H15N5O. The molecule has 3 N–H and O–H groups in total.